The molecule has 1 fully saturated rings. The molecule has 7 nitrogen and oxygen atoms in total. The van der Waals surface area contributed by atoms with Crippen molar-refractivity contribution in [2.24, 2.45) is 0 Å². The maximum Gasteiger partial charge on any atom is 0.184 e. The number of benzene rings is 2. The van der Waals surface area contributed by atoms with E-state index in [9.17, 15) is 8.42 Å². The zero-order valence-electron chi connectivity index (χ0n) is 15.9. The van der Waals surface area contributed by atoms with Gasteiger partial charge in [-0.05, 0) is 36.4 Å². The first-order valence-electron chi connectivity index (χ1n) is 9.36. The molecule has 2 heterocycles. The third kappa shape index (κ3) is 4.55. The SMILES string of the molecule is Nc1ccc(-c2nc(CS(=O)(=O)c3ccccc3)cc(N3CCOCC3)n2)cc1. The maximum atomic E-state index is 12.9. The first-order valence-corrected chi connectivity index (χ1v) is 11.0. The predicted molar refractivity (Wildman–Crippen MR) is 112 cm³/mol. The van der Waals surface area contributed by atoms with Gasteiger partial charge in [0.05, 0.1) is 29.6 Å². The van der Waals surface area contributed by atoms with Crippen LogP contribution in [0.1, 0.15) is 5.69 Å². The van der Waals surface area contributed by atoms with Gasteiger partial charge in [-0.1, -0.05) is 18.2 Å². The van der Waals surface area contributed by atoms with Crippen molar-refractivity contribution in [1.29, 1.82) is 0 Å². The van der Waals surface area contributed by atoms with E-state index < -0.39 is 9.84 Å². The van der Waals surface area contributed by atoms with E-state index in [4.69, 9.17) is 10.5 Å². The zero-order valence-corrected chi connectivity index (χ0v) is 16.7. The summed E-state index contributed by atoms with van der Waals surface area (Å²) in [5.74, 6) is 0.986. The van der Waals surface area contributed by atoms with Gasteiger partial charge in [0.2, 0.25) is 0 Å². The van der Waals surface area contributed by atoms with E-state index in [0.717, 1.165) is 5.56 Å². The second kappa shape index (κ2) is 8.18. The van der Waals surface area contributed by atoms with Gasteiger partial charge in [-0.25, -0.2) is 18.4 Å². The van der Waals surface area contributed by atoms with Crippen molar-refractivity contribution in [1.82, 2.24) is 9.97 Å². The first kappa shape index (κ1) is 19.4. The summed E-state index contributed by atoms with van der Waals surface area (Å²) in [4.78, 5) is 11.6. The smallest absolute Gasteiger partial charge is 0.184 e. The Morgan fingerprint density at radius 3 is 2.34 bits per heavy atom. The third-order valence-electron chi connectivity index (χ3n) is 4.71. The molecule has 2 aromatic carbocycles. The molecule has 1 aromatic heterocycles. The van der Waals surface area contributed by atoms with Crippen molar-refractivity contribution in [2.75, 3.05) is 36.9 Å². The minimum absolute atomic E-state index is 0.196. The maximum absolute atomic E-state index is 12.9. The number of nitrogen functional groups attached to an aromatic ring is 1. The van der Waals surface area contributed by atoms with Gasteiger partial charge in [-0.3, -0.25) is 0 Å². The van der Waals surface area contributed by atoms with Crippen LogP contribution in [0, 0.1) is 0 Å². The molecule has 0 unspecified atom stereocenters. The molecule has 3 aromatic rings. The number of hydrogen-bond donors (Lipinski definition) is 1. The number of hydrogen-bond acceptors (Lipinski definition) is 7. The summed E-state index contributed by atoms with van der Waals surface area (Å²) >= 11 is 0. The van der Waals surface area contributed by atoms with E-state index >= 15 is 0 Å². The van der Waals surface area contributed by atoms with Gasteiger partial charge in [0.1, 0.15) is 5.82 Å². The van der Waals surface area contributed by atoms with Crippen LogP contribution in [-0.4, -0.2) is 44.7 Å². The number of nitrogens with zero attached hydrogens (tertiary/aromatic N) is 3. The summed E-state index contributed by atoms with van der Waals surface area (Å²) in [5, 5.41) is 0. The van der Waals surface area contributed by atoms with Crippen LogP contribution in [0.4, 0.5) is 11.5 Å². The standard InChI is InChI=1S/C21H22N4O3S/c22-17-8-6-16(7-9-17)21-23-18(14-20(24-21)25-10-12-28-13-11-25)15-29(26,27)19-4-2-1-3-5-19/h1-9,14H,10-13,15,22H2. The second-order valence-corrected chi connectivity index (χ2v) is 8.82. The van der Waals surface area contributed by atoms with Crippen molar-refractivity contribution in [2.45, 2.75) is 10.6 Å². The van der Waals surface area contributed by atoms with E-state index in [0.29, 0.717) is 49.3 Å². The van der Waals surface area contributed by atoms with Crippen molar-refractivity contribution < 1.29 is 13.2 Å². The molecule has 0 bridgehead atoms. The Morgan fingerprint density at radius 1 is 0.966 bits per heavy atom. The highest BCUT2D eigenvalue weighted by Gasteiger charge is 2.20. The van der Waals surface area contributed by atoms with Gasteiger partial charge in [0, 0.05) is 30.4 Å². The summed E-state index contributed by atoms with van der Waals surface area (Å²) in [5.41, 5.74) is 7.67. The lowest BCUT2D eigenvalue weighted by Crippen LogP contribution is -2.37. The molecule has 8 heteroatoms. The molecule has 0 amide bonds. The van der Waals surface area contributed by atoms with Gasteiger partial charge in [-0.2, -0.15) is 0 Å². The molecule has 0 radical (unpaired) electrons. The summed E-state index contributed by atoms with van der Waals surface area (Å²) in [6.45, 7) is 2.61. The largest absolute Gasteiger partial charge is 0.399 e. The number of ether oxygens (including phenoxy) is 1. The molecule has 0 saturated carbocycles. The van der Waals surface area contributed by atoms with Crippen LogP contribution in [0.3, 0.4) is 0 Å². The normalized spacial score (nSPS) is 14.7. The predicted octanol–water partition coefficient (Wildman–Crippen LogP) is 2.54. The quantitative estimate of drug-likeness (QED) is 0.645. The van der Waals surface area contributed by atoms with Gasteiger partial charge >= 0.3 is 0 Å². The molecule has 29 heavy (non-hydrogen) atoms. The number of nitrogens with two attached hydrogens (primary N) is 1. The highest BCUT2D eigenvalue weighted by Crippen LogP contribution is 2.24. The molecule has 1 saturated heterocycles. The Bertz CT molecular complexity index is 1080. The molecule has 0 spiro atoms. The Hall–Kier alpha value is -2.97. The highest BCUT2D eigenvalue weighted by atomic mass is 32.2. The van der Waals surface area contributed by atoms with Crippen molar-refractivity contribution in [3.05, 3.63) is 66.4 Å². The fourth-order valence-corrected chi connectivity index (χ4v) is 4.45. The Morgan fingerprint density at radius 2 is 1.66 bits per heavy atom. The van der Waals surface area contributed by atoms with Gasteiger partial charge < -0.3 is 15.4 Å². The van der Waals surface area contributed by atoms with Crippen molar-refractivity contribution in [3.8, 4) is 11.4 Å². The fourth-order valence-electron chi connectivity index (χ4n) is 3.18. The minimum Gasteiger partial charge on any atom is -0.399 e. The number of aromatic nitrogens is 2. The molecule has 2 N–H and O–H groups in total. The summed E-state index contributed by atoms with van der Waals surface area (Å²) in [7, 11) is -3.52. The summed E-state index contributed by atoms with van der Waals surface area (Å²) < 4.78 is 31.2. The van der Waals surface area contributed by atoms with E-state index in [2.05, 4.69) is 14.9 Å². The topological polar surface area (TPSA) is 98.4 Å². The fraction of sp³-hybridized carbons (Fsp3) is 0.238. The van der Waals surface area contributed by atoms with E-state index in [1.54, 1.807) is 48.5 Å². The first-order chi connectivity index (χ1) is 14.0. The number of morpholine rings is 1. The Kier molecular flexibility index (Phi) is 5.46. The van der Waals surface area contributed by atoms with Crippen LogP contribution in [-0.2, 0) is 20.3 Å². The molecule has 0 atom stereocenters. The number of anilines is 2. The molecule has 4 rings (SSSR count). The third-order valence-corrected chi connectivity index (χ3v) is 6.38. The molecule has 1 aliphatic heterocycles. The number of sulfone groups is 1. The Balaban J connectivity index is 1.74. The monoisotopic (exact) mass is 410 g/mol. The molecule has 150 valence electrons. The summed E-state index contributed by atoms with van der Waals surface area (Å²) in [6, 6.07) is 17.4. The lowest BCUT2D eigenvalue weighted by atomic mass is 10.2. The summed E-state index contributed by atoms with van der Waals surface area (Å²) in [6.07, 6.45) is 0. The van der Waals surface area contributed by atoms with Crippen LogP contribution in [0.2, 0.25) is 0 Å². The van der Waals surface area contributed by atoms with Crippen LogP contribution >= 0.6 is 0 Å². The van der Waals surface area contributed by atoms with Crippen molar-refractivity contribution in [3.63, 3.8) is 0 Å². The average Bonchev–Trinajstić information content (AvgIpc) is 2.75. The van der Waals surface area contributed by atoms with Crippen molar-refractivity contribution >= 4 is 21.3 Å². The molecule has 0 aliphatic carbocycles. The highest BCUT2D eigenvalue weighted by molar-refractivity contribution is 7.90. The van der Waals surface area contributed by atoms with Gasteiger partial charge in [0.15, 0.2) is 15.7 Å². The second-order valence-electron chi connectivity index (χ2n) is 6.83. The Labute approximate surface area is 170 Å². The molecular formula is C21H22N4O3S. The van der Waals surface area contributed by atoms with Crippen LogP contribution in [0.25, 0.3) is 11.4 Å². The van der Waals surface area contributed by atoms with Crippen LogP contribution in [0.5, 0.6) is 0 Å². The zero-order chi connectivity index (χ0) is 20.3. The lowest BCUT2D eigenvalue weighted by molar-refractivity contribution is 0.122. The van der Waals surface area contributed by atoms with Gasteiger partial charge in [-0.15, -0.1) is 0 Å². The van der Waals surface area contributed by atoms with E-state index in [1.807, 2.05) is 12.1 Å². The van der Waals surface area contributed by atoms with E-state index in [1.165, 1.54) is 0 Å². The molecule has 1 aliphatic rings. The van der Waals surface area contributed by atoms with Gasteiger partial charge in [0.25, 0.3) is 0 Å². The number of rotatable bonds is 5. The average molecular weight is 410 g/mol. The minimum atomic E-state index is -3.52. The lowest BCUT2D eigenvalue weighted by Gasteiger charge is -2.28. The van der Waals surface area contributed by atoms with Crippen LogP contribution in [0.15, 0.2) is 65.6 Å². The van der Waals surface area contributed by atoms with E-state index in [-0.39, 0.29) is 10.6 Å². The van der Waals surface area contributed by atoms with Crippen LogP contribution < -0.4 is 10.6 Å². The molecular weight excluding hydrogens is 388 g/mol.